The third-order valence-electron chi connectivity index (χ3n) is 4.04. The lowest BCUT2D eigenvalue weighted by molar-refractivity contribution is 0.616. The average molecular weight is 494 g/mol. The zero-order valence-electron chi connectivity index (χ0n) is 15.9. The summed E-state index contributed by atoms with van der Waals surface area (Å²) in [5, 5.41) is 6.50. The predicted molar refractivity (Wildman–Crippen MR) is 120 cm³/mol. The molecule has 2 aromatic heterocycles. The molecule has 0 atom stereocenters. The minimum atomic E-state index is -0.204. The average Bonchev–Trinajstić information content (AvgIpc) is 3.22. The maximum Gasteiger partial charge on any atom is 0.191 e. The SMILES string of the molecule is CCNC(=NCc1ccc(C)c(F)c1)NCc1ccnc(-n2ccnc2)c1.I. The first kappa shape index (κ1) is 21.8. The number of halogens is 2. The second-order valence-electron chi connectivity index (χ2n) is 6.12. The van der Waals surface area contributed by atoms with Gasteiger partial charge in [-0.05, 0) is 48.7 Å². The van der Waals surface area contributed by atoms with Crippen molar-refractivity contribution in [3.63, 3.8) is 0 Å². The number of nitrogens with zero attached hydrogens (tertiary/aromatic N) is 4. The number of imidazole rings is 1. The molecule has 3 aromatic rings. The summed E-state index contributed by atoms with van der Waals surface area (Å²) < 4.78 is 15.5. The van der Waals surface area contributed by atoms with Crippen molar-refractivity contribution >= 4 is 29.9 Å². The molecular weight excluding hydrogens is 470 g/mol. The highest BCUT2D eigenvalue weighted by atomic mass is 127. The first-order chi connectivity index (χ1) is 13.2. The molecule has 148 valence electrons. The fraction of sp³-hybridized carbons (Fsp3) is 0.250. The zero-order chi connectivity index (χ0) is 19.1. The van der Waals surface area contributed by atoms with Crippen molar-refractivity contribution in [1.82, 2.24) is 25.2 Å². The van der Waals surface area contributed by atoms with Crippen LogP contribution in [0.25, 0.3) is 5.82 Å². The van der Waals surface area contributed by atoms with Crippen molar-refractivity contribution < 1.29 is 4.39 Å². The lowest BCUT2D eigenvalue weighted by Gasteiger charge is -2.12. The second kappa shape index (κ2) is 10.7. The number of guanidine groups is 1. The van der Waals surface area contributed by atoms with Gasteiger partial charge in [0.25, 0.3) is 0 Å². The highest BCUT2D eigenvalue weighted by Crippen LogP contribution is 2.10. The van der Waals surface area contributed by atoms with Gasteiger partial charge in [0.2, 0.25) is 0 Å². The molecule has 0 saturated heterocycles. The number of hydrogen-bond acceptors (Lipinski definition) is 3. The molecule has 0 unspecified atom stereocenters. The van der Waals surface area contributed by atoms with Gasteiger partial charge in [0.05, 0.1) is 6.54 Å². The molecule has 3 rings (SSSR count). The van der Waals surface area contributed by atoms with E-state index in [2.05, 4.69) is 25.6 Å². The maximum atomic E-state index is 13.7. The number of hydrogen-bond donors (Lipinski definition) is 2. The van der Waals surface area contributed by atoms with Gasteiger partial charge in [0, 0.05) is 31.7 Å². The van der Waals surface area contributed by atoms with E-state index in [4.69, 9.17) is 0 Å². The van der Waals surface area contributed by atoms with Crippen LogP contribution in [0.2, 0.25) is 0 Å². The molecule has 0 aliphatic rings. The molecule has 0 fully saturated rings. The number of pyridine rings is 1. The van der Waals surface area contributed by atoms with Crippen LogP contribution in [0, 0.1) is 12.7 Å². The Labute approximate surface area is 181 Å². The van der Waals surface area contributed by atoms with Gasteiger partial charge in [-0.3, -0.25) is 4.57 Å². The highest BCUT2D eigenvalue weighted by molar-refractivity contribution is 14.0. The van der Waals surface area contributed by atoms with Gasteiger partial charge in [-0.1, -0.05) is 12.1 Å². The van der Waals surface area contributed by atoms with Crippen LogP contribution >= 0.6 is 24.0 Å². The van der Waals surface area contributed by atoms with Crippen LogP contribution in [0.15, 0.2) is 60.2 Å². The van der Waals surface area contributed by atoms with Crippen molar-refractivity contribution in [1.29, 1.82) is 0 Å². The van der Waals surface area contributed by atoms with Crippen LogP contribution in [-0.4, -0.2) is 27.0 Å². The largest absolute Gasteiger partial charge is 0.357 e. The highest BCUT2D eigenvalue weighted by Gasteiger charge is 2.03. The Balaban J connectivity index is 0.00000280. The van der Waals surface area contributed by atoms with E-state index in [0.29, 0.717) is 24.6 Å². The normalized spacial score (nSPS) is 11.0. The standard InChI is InChI=1S/C20H23FN6.HI/c1-3-23-20(25-12-16-5-4-15(2)18(21)10-16)26-13-17-6-7-24-19(11-17)27-9-8-22-14-27;/h4-11,14H,3,12-13H2,1-2H3,(H2,23,25,26);1H. The van der Waals surface area contributed by atoms with E-state index in [1.54, 1.807) is 31.7 Å². The lowest BCUT2D eigenvalue weighted by atomic mass is 10.1. The number of rotatable bonds is 6. The monoisotopic (exact) mass is 494 g/mol. The molecule has 2 heterocycles. The van der Waals surface area contributed by atoms with Gasteiger partial charge in [-0.25, -0.2) is 19.4 Å². The predicted octanol–water partition coefficient (Wildman–Crippen LogP) is 3.59. The molecule has 28 heavy (non-hydrogen) atoms. The Kier molecular flexibility index (Phi) is 8.37. The van der Waals surface area contributed by atoms with Crippen molar-refractivity contribution in [2.45, 2.75) is 26.9 Å². The first-order valence-electron chi connectivity index (χ1n) is 8.86. The Hall–Kier alpha value is -2.49. The number of aryl methyl sites for hydroxylation is 1. The molecule has 8 heteroatoms. The van der Waals surface area contributed by atoms with Crippen molar-refractivity contribution in [2.75, 3.05) is 6.54 Å². The third kappa shape index (κ3) is 6.01. The summed E-state index contributed by atoms with van der Waals surface area (Å²) in [5.41, 5.74) is 2.54. The Morgan fingerprint density at radius 2 is 2.00 bits per heavy atom. The molecule has 6 nitrogen and oxygen atoms in total. The van der Waals surface area contributed by atoms with Crippen LogP contribution in [-0.2, 0) is 13.1 Å². The molecule has 0 aliphatic heterocycles. The van der Waals surface area contributed by atoms with E-state index in [1.807, 2.05) is 35.9 Å². The summed E-state index contributed by atoms with van der Waals surface area (Å²) >= 11 is 0. The summed E-state index contributed by atoms with van der Waals surface area (Å²) in [4.78, 5) is 12.9. The van der Waals surface area contributed by atoms with E-state index in [0.717, 1.165) is 23.5 Å². The number of nitrogens with one attached hydrogen (secondary N) is 2. The van der Waals surface area contributed by atoms with Crippen LogP contribution in [0.5, 0.6) is 0 Å². The van der Waals surface area contributed by atoms with E-state index in [-0.39, 0.29) is 29.8 Å². The Morgan fingerprint density at radius 3 is 2.71 bits per heavy atom. The van der Waals surface area contributed by atoms with E-state index in [1.165, 1.54) is 6.07 Å². The van der Waals surface area contributed by atoms with Crippen LogP contribution in [0.1, 0.15) is 23.6 Å². The summed E-state index contributed by atoms with van der Waals surface area (Å²) in [7, 11) is 0. The molecule has 1 aromatic carbocycles. The van der Waals surface area contributed by atoms with E-state index < -0.39 is 0 Å². The molecule has 0 spiro atoms. The van der Waals surface area contributed by atoms with Gasteiger partial charge >= 0.3 is 0 Å². The number of benzene rings is 1. The van der Waals surface area contributed by atoms with E-state index in [9.17, 15) is 4.39 Å². The lowest BCUT2D eigenvalue weighted by Crippen LogP contribution is -2.36. The molecule has 0 amide bonds. The molecule has 2 N–H and O–H groups in total. The second-order valence-corrected chi connectivity index (χ2v) is 6.12. The topological polar surface area (TPSA) is 67.1 Å². The fourth-order valence-corrected chi connectivity index (χ4v) is 2.54. The Bertz CT molecular complexity index is 911. The minimum Gasteiger partial charge on any atom is -0.357 e. The molecule has 0 saturated carbocycles. The summed E-state index contributed by atoms with van der Waals surface area (Å²) in [6.45, 7) is 5.50. The number of aliphatic imine (C=N–C) groups is 1. The smallest absolute Gasteiger partial charge is 0.191 e. The van der Waals surface area contributed by atoms with Crippen LogP contribution < -0.4 is 10.6 Å². The van der Waals surface area contributed by atoms with Gasteiger partial charge in [0.1, 0.15) is 18.0 Å². The third-order valence-corrected chi connectivity index (χ3v) is 4.04. The molecular formula is C20H24FIN6. The quantitative estimate of drug-likeness (QED) is 0.313. The van der Waals surface area contributed by atoms with Gasteiger partial charge in [-0.2, -0.15) is 0 Å². The van der Waals surface area contributed by atoms with Crippen molar-refractivity contribution in [3.8, 4) is 5.82 Å². The van der Waals surface area contributed by atoms with Gasteiger partial charge in [0.15, 0.2) is 5.96 Å². The molecule has 0 aliphatic carbocycles. The first-order valence-corrected chi connectivity index (χ1v) is 8.86. The summed E-state index contributed by atoms with van der Waals surface area (Å²) in [6.07, 6.45) is 7.06. The van der Waals surface area contributed by atoms with Crippen LogP contribution in [0.3, 0.4) is 0 Å². The van der Waals surface area contributed by atoms with Crippen molar-refractivity contribution in [2.24, 2.45) is 4.99 Å². The molecule has 0 bridgehead atoms. The summed E-state index contributed by atoms with van der Waals surface area (Å²) in [5.74, 6) is 1.29. The minimum absolute atomic E-state index is 0. The van der Waals surface area contributed by atoms with Crippen LogP contribution in [0.4, 0.5) is 4.39 Å². The number of aromatic nitrogens is 3. The van der Waals surface area contributed by atoms with Gasteiger partial charge in [-0.15, -0.1) is 24.0 Å². The van der Waals surface area contributed by atoms with E-state index >= 15 is 0 Å². The maximum absolute atomic E-state index is 13.7. The Morgan fingerprint density at radius 1 is 1.14 bits per heavy atom. The summed E-state index contributed by atoms with van der Waals surface area (Å²) in [6, 6.07) is 9.14. The van der Waals surface area contributed by atoms with Gasteiger partial charge < -0.3 is 10.6 Å². The fourth-order valence-electron chi connectivity index (χ4n) is 2.54. The van der Waals surface area contributed by atoms with Crippen molar-refractivity contribution in [3.05, 3.63) is 77.8 Å². The zero-order valence-corrected chi connectivity index (χ0v) is 18.2. The molecule has 0 radical (unpaired) electrons.